The van der Waals surface area contributed by atoms with Gasteiger partial charge in [0.1, 0.15) is 6.61 Å². The van der Waals surface area contributed by atoms with Crippen LogP contribution in [0.25, 0.3) is 0 Å². The van der Waals surface area contributed by atoms with Gasteiger partial charge < -0.3 is 9.47 Å². The summed E-state index contributed by atoms with van der Waals surface area (Å²) >= 11 is 0. The zero-order valence-corrected chi connectivity index (χ0v) is 14.1. The molecule has 2 fully saturated rings. The molecule has 2 saturated carbocycles. The van der Waals surface area contributed by atoms with Crippen molar-refractivity contribution in [3.05, 3.63) is 35.9 Å². The lowest BCUT2D eigenvalue weighted by Gasteiger charge is -2.13. The molecule has 3 rings (SSSR count). The molecule has 24 heavy (non-hydrogen) atoms. The van der Waals surface area contributed by atoms with E-state index in [-0.39, 0.29) is 18.1 Å². The molecule has 0 radical (unpaired) electrons. The molecule has 4 heteroatoms. The van der Waals surface area contributed by atoms with Crippen molar-refractivity contribution >= 4 is 0 Å². The maximum absolute atomic E-state index is 14.1. The second kappa shape index (κ2) is 8.50. The highest BCUT2D eigenvalue weighted by atomic mass is 19.2. The molecule has 1 aromatic rings. The third-order valence-corrected chi connectivity index (χ3v) is 5.10. The van der Waals surface area contributed by atoms with Crippen LogP contribution in [0.4, 0.5) is 8.78 Å². The van der Waals surface area contributed by atoms with E-state index in [4.69, 9.17) is 9.47 Å². The fourth-order valence-corrected chi connectivity index (χ4v) is 3.66. The molecule has 0 unspecified atom stereocenters. The van der Waals surface area contributed by atoms with Gasteiger partial charge in [0.05, 0.1) is 6.61 Å². The van der Waals surface area contributed by atoms with E-state index in [0.717, 1.165) is 12.8 Å². The zero-order valence-electron chi connectivity index (χ0n) is 14.1. The predicted octanol–water partition coefficient (Wildman–Crippen LogP) is 5.66. The fraction of sp³-hybridized carbons (Fsp3) is 0.600. The summed E-state index contributed by atoms with van der Waals surface area (Å²) in [6, 6.07) is 2.91. The normalized spacial score (nSPS) is 19.4. The van der Waals surface area contributed by atoms with Gasteiger partial charge in [-0.15, -0.1) is 0 Å². The minimum absolute atomic E-state index is 0.0201. The molecule has 0 spiro atoms. The van der Waals surface area contributed by atoms with Crippen LogP contribution in [0.3, 0.4) is 0 Å². The van der Waals surface area contributed by atoms with Crippen LogP contribution in [0.5, 0.6) is 11.5 Å². The van der Waals surface area contributed by atoms with Crippen LogP contribution >= 0.6 is 0 Å². The van der Waals surface area contributed by atoms with Gasteiger partial charge in [-0.25, -0.2) is 0 Å². The number of hydrogen-bond acceptors (Lipinski definition) is 2. The summed E-state index contributed by atoms with van der Waals surface area (Å²) in [6.07, 6.45) is 13.6. The summed E-state index contributed by atoms with van der Waals surface area (Å²) in [5.74, 6) is -0.922. The molecule has 0 atom stereocenters. The smallest absolute Gasteiger partial charge is 0.204 e. The summed E-state index contributed by atoms with van der Waals surface area (Å²) in [4.78, 5) is 0. The fourth-order valence-electron chi connectivity index (χ4n) is 3.66. The number of halogens is 2. The van der Waals surface area contributed by atoms with Gasteiger partial charge in [-0.05, 0) is 49.7 Å². The average molecular weight is 336 g/mol. The van der Waals surface area contributed by atoms with Crippen molar-refractivity contribution in [3.63, 3.8) is 0 Å². The quantitative estimate of drug-likeness (QED) is 0.598. The first-order valence-corrected chi connectivity index (χ1v) is 9.14. The highest BCUT2D eigenvalue weighted by molar-refractivity contribution is 5.35. The number of rotatable bonds is 7. The summed E-state index contributed by atoms with van der Waals surface area (Å²) in [5, 5.41) is 0. The van der Waals surface area contributed by atoms with Crippen molar-refractivity contribution in [3.8, 4) is 11.5 Å². The summed E-state index contributed by atoms with van der Waals surface area (Å²) in [7, 11) is 0. The zero-order chi connectivity index (χ0) is 16.8. The van der Waals surface area contributed by atoms with Crippen LogP contribution < -0.4 is 9.47 Å². The molecular weight excluding hydrogens is 310 g/mol. The van der Waals surface area contributed by atoms with E-state index in [1.54, 1.807) is 0 Å². The highest BCUT2D eigenvalue weighted by Gasteiger charge is 2.19. The Morgan fingerprint density at radius 3 is 2.12 bits per heavy atom. The van der Waals surface area contributed by atoms with Crippen LogP contribution in [0.15, 0.2) is 24.3 Å². The van der Waals surface area contributed by atoms with E-state index in [1.807, 2.05) is 6.08 Å². The van der Waals surface area contributed by atoms with Gasteiger partial charge >= 0.3 is 0 Å². The highest BCUT2D eigenvalue weighted by Crippen LogP contribution is 2.30. The van der Waals surface area contributed by atoms with Crippen molar-refractivity contribution in [2.75, 3.05) is 13.2 Å². The second-order valence-electron chi connectivity index (χ2n) is 6.93. The molecule has 0 heterocycles. The van der Waals surface area contributed by atoms with E-state index in [2.05, 4.69) is 6.08 Å². The Labute approximate surface area is 142 Å². The van der Waals surface area contributed by atoms with Gasteiger partial charge in [0, 0.05) is 0 Å². The average Bonchev–Trinajstić information content (AvgIpc) is 3.28. The largest absolute Gasteiger partial charge is 0.490 e. The first kappa shape index (κ1) is 17.2. The molecule has 0 aromatic heterocycles. The van der Waals surface area contributed by atoms with Crippen molar-refractivity contribution in [2.45, 2.75) is 51.4 Å². The Kier molecular flexibility index (Phi) is 6.11. The van der Waals surface area contributed by atoms with Crippen LogP contribution in [0.1, 0.15) is 51.4 Å². The molecule has 132 valence electrons. The Morgan fingerprint density at radius 2 is 1.46 bits per heavy atom. The lowest BCUT2D eigenvalue weighted by Crippen LogP contribution is -2.10. The molecular formula is C20H26F2O2. The van der Waals surface area contributed by atoms with Gasteiger partial charge in [0.25, 0.3) is 0 Å². The molecule has 2 aliphatic carbocycles. The SMILES string of the molecule is Fc1c(OC/C=C/C2CCCC2)ccc(OCC2CCCC2)c1F. The van der Waals surface area contributed by atoms with E-state index in [1.165, 1.54) is 50.7 Å². The molecule has 0 aliphatic heterocycles. The minimum atomic E-state index is -0.965. The van der Waals surface area contributed by atoms with Crippen LogP contribution in [-0.4, -0.2) is 13.2 Å². The van der Waals surface area contributed by atoms with E-state index >= 15 is 0 Å². The van der Waals surface area contributed by atoms with Crippen molar-refractivity contribution < 1.29 is 18.3 Å². The van der Waals surface area contributed by atoms with Gasteiger partial charge in [-0.1, -0.05) is 37.8 Å². The number of benzene rings is 1. The van der Waals surface area contributed by atoms with Crippen LogP contribution in [0.2, 0.25) is 0 Å². The van der Waals surface area contributed by atoms with E-state index in [0.29, 0.717) is 18.4 Å². The Hall–Kier alpha value is -1.58. The molecule has 1 aromatic carbocycles. The Balaban J connectivity index is 1.51. The van der Waals surface area contributed by atoms with Gasteiger partial charge in [0.2, 0.25) is 11.6 Å². The summed E-state index contributed by atoms with van der Waals surface area (Å²) in [6.45, 7) is 0.718. The third kappa shape index (κ3) is 4.49. The maximum atomic E-state index is 14.1. The van der Waals surface area contributed by atoms with Gasteiger partial charge in [-0.2, -0.15) is 8.78 Å². The molecule has 0 amide bonds. The van der Waals surface area contributed by atoms with Crippen molar-refractivity contribution in [2.24, 2.45) is 11.8 Å². The minimum Gasteiger partial charge on any atom is -0.490 e. The van der Waals surface area contributed by atoms with Crippen LogP contribution in [-0.2, 0) is 0 Å². The Morgan fingerprint density at radius 1 is 0.875 bits per heavy atom. The Bertz CT molecular complexity index is 559. The molecule has 0 N–H and O–H groups in total. The molecule has 0 saturated heterocycles. The number of ether oxygens (including phenoxy) is 2. The standard InChI is InChI=1S/C20H26F2O2/c21-19-17(23-13-5-10-15-6-1-2-7-15)11-12-18(20(19)22)24-14-16-8-3-4-9-16/h5,10-12,15-16H,1-4,6-9,13-14H2/b10-5+. The molecule has 2 nitrogen and oxygen atoms in total. The number of hydrogen-bond donors (Lipinski definition) is 0. The van der Waals surface area contributed by atoms with Crippen molar-refractivity contribution in [1.82, 2.24) is 0 Å². The summed E-state index contributed by atoms with van der Waals surface area (Å²) < 4.78 is 39.0. The lowest BCUT2D eigenvalue weighted by atomic mass is 10.1. The monoisotopic (exact) mass is 336 g/mol. The van der Waals surface area contributed by atoms with Gasteiger partial charge in [0.15, 0.2) is 11.5 Å². The molecule has 0 bridgehead atoms. The van der Waals surface area contributed by atoms with E-state index < -0.39 is 11.6 Å². The third-order valence-electron chi connectivity index (χ3n) is 5.10. The topological polar surface area (TPSA) is 18.5 Å². The second-order valence-corrected chi connectivity index (χ2v) is 6.93. The predicted molar refractivity (Wildman–Crippen MR) is 90.4 cm³/mol. The lowest BCUT2D eigenvalue weighted by molar-refractivity contribution is 0.236. The van der Waals surface area contributed by atoms with E-state index in [9.17, 15) is 8.78 Å². The molecule has 2 aliphatic rings. The maximum Gasteiger partial charge on any atom is 0.204 e. The van der Waals surface area contributed by atoms with Crippen LogP contribution in [0, 0.1) is 23.5 Å². The van der Waals surface area contributed by atoms with Gasteiger partial charge in [-0.3, -0.25) is 0 Å². The first-order valence-electron chi connectivity index (χ1n) is 9.14. The first-order chi connectivity index (χ1) is 11.7. The van der Waals surface area contributed by atoms with Crippen molar-refractivity contribution in [1.29, 1.82) is 0 Å². The summed E-state index contributed by atoms with van der Waals surface area (Å²) in [5.41, 5.74) is 0. The number of allylic oxidation sites excluding steroid dienone is 1.